The van der Waals surface area contributed by atoms with Gasteiger partial charge in [-0.05, 0) is 54.4 Å². The normalized spacial score (nSPS) is 11.7. The molecular formula is C25H20F4N2O2S. The van der Waals surface area contributed by atoms with Gasteiger partial charge in [0.05, 0.1) is 35.3 Å². The smallest absolute Gasteiger partial charge is 0.416 e. The molecule has 0 aliphatic heterocycles. The van der Waals surface area contributed by atoms with Gasteiger partial charge in [0, 0.05) is 5.75 Å². The fourth-order valence-corrected chi connectivity index (χ4v) is 4.61. The number of hydrogen-bond acceptors (Lipinski definition) is 4. The van der Waals surface area contributed by atoms with Crippen molar-refractivity contribution in [3.63, 3.8) is 0 Å². The number of hydrogen-bond donors (Lipinski definition) is 0. The van der Waals surface area contributed by atoms with Crippen molar-refractivity contribution in [2.24, 2.45) is 0 Å². The van der Waals surface area contributed by atoms with Crippen LogP contribution in [-0.2, 0) is 23.2 Å². The zero-order chi connectivity index (χ0) is 24.3. The molecule has 1 heterocycles. The molecule has 34 heavy (non-hydrogen) atoms. The summed E-state index contributed by atoms with van der Waals surface area (Å²) in [6, 6.07) is 16.4. The van der Waals surface area contributed by atoms with E-state index >= 15 is 0 Å². The summed E-state index contributed by atoms with van der Waals surface area (Å²) in [5.74, 6) is -0.843. The van der Waals surface area contributed by atoms with Gasteiger partial charge in [0.1, 0.15) is 5.82 Å². The molecule has 0 saturated heterocycles. The summed E-state index contributed by atoms with van der Waals surface area (Å²) in [4.78, 5) is 16.7. The number of rotatable bonds is 7. The molecule has 1 aromatic heterocycles. The second-order valence-corrected chi connectivity index (χ2v) is 8.42. The maximum absolute atomic E-state index is 13.8. The number of nitrogens with zero attached hydrogens (tertiary/aromatic N) is 2. The van der Waals surface area contributed by atoms with Crippen LogP contribution < -0.4 is 0 Å². The maximum atomic E-state index is 13.8. The number of fused-ring (bicyclic) bond motifs is 1. The Bertz CT molecular complexity index is 1330. The lowest BCUT2D eigenvalue weighted by Crippen LogP contribution is -2.08. The first-order valence-corrected chi connectivity index (χ1v) is 11.4. The lowest BCUT2D eigenvalue weighted by molar-refractivity contribution is -0.138. The highest BCUT2D eigenvalue weighted by Gasteiger charge is 2.33. The predicted molar refractivity (Wildman–Crippen MR) is 122 cm³/mol. The van der Waals surface area contributed by atoms with Crippen LogP contribution in [0.15, 0.2) is 71.9 Å². The predicted octanol–water partition coefficient (Wildman–Crippen LogP) is 6.71. The first-order valence-electron chi connectivity index (χ1n) is 10.5. The minimum absolute atomic E-state index is 0.0346. The molecule has 0 N–H and O–H groups in total. The number of esters is 1. The molecule has 4 nitrogen and oxygen atoms in total. The molecule has 0 bridgehead atoms. The molecule has 9 heteroatoms. The minimum Gasteiger partial charge on any atom is -0.462 e. The van der Waals surface area contributed by atoms with Crippen molar-refractivity contribution in [3.8, 4) is 0 Å². The first kappa shape index (κ1) is 23.8. The van der Waals surface area contributed by atoms with Gasteiger partial charge in [-0.2, -0.15) is 13.2 Å². The highest BCUT2D eigenvalue weighted by molar-refractivity contribution is 7.98. The van der Waals surface area contributed by atoms with Crippen LogP contribution in [0, 0.1) is 5.82 Å². The van der Waals surface area contributed by atoms with E-state index in [1.807, 2.05) is 0 Å². The highest BCUT2D eigenvalue weighted by atomic mass is 32.2. The number of imidazole rings is 1. The van der Waals surface area contributed by atoms with Crippen molar-refractivity contribution in [1.29, 1.82) is 0 Å². The first-order chi connectivity index (χ1) is 16.3. The summed E-state index contributed by atoms with van der Waals surface area (Å²) < 4.78 is 60.9. The van der Waals surface area contributed by atoms with Crippen molar-refractivity contribution in [2.45, 2.75) is 30.6 Å². The lowest BCUT2D eigenvalue weighted by Gasteiger charge is -2.13. The molecule has 3 aromatic carbocycles. The summed E-state index contributed by atoms with van der Waals surface area (Å²) in [6.45, 7) is 2.19. The summed E-state index contributed by atoms with van der Waals surface area (Å²) in [5, 5.41) is 0.456. The van der Waals surface area contributed by atoms with E-state index in [0.717, 1.165) is 17.8 Å². The van der Waals surface area contributed by atoms with Gasteiger partial charge in [-0.15, -0.1) is 0 Å². The Morgan fingerprint density at radius 2 is 1.85 bits per heavy atom. The van der Waals surface area contributed by atoms with Crippen LogP contribution in [-0.4, -0.2) is 22.1 Å². The van der Waals surface area contributed by atoms with Crippen LogP contribution in [0.4, 0.5) is 17.6 Å². The van der Waals surface area contributed by atoms with Gasteiger partial charge in [0.25, 0.3) is 0 Å². The standard InChI is InChI=1S/C25H20F4N2O2S/c1-2-33-23(32)17-10-11-22-21(13-17)30-24(31(22)14-16-6-5-8-19(26)12-16)34-15-18-7-3-4-9-20(18)25(27,28)29/h3-13H,2,14-15H2,1H3. The summed E-state index contributed by atoms with van der Waals surface area (Å²) >= 11 is 1.15. The van der Waals surface area contributed by atoms with E-state index in [1.165, 1.54) is 24.3 Å². The molecule has 4 aromatic rings. The van der Waals surface area contributed by atoms with E-state index in [0.29, 0.717) is 27.3 Å². The largest absolute Gasteiger partial charge is 0.462 e. The van der Waals surface area contributed by atoms with Gasteiger partial charge in [0.2, 0.25) is 0 Å². The number of carbonyl (C=O) groups excluding carboxylic acids is 1. The molecule has 4 rings (SSSR count). The Morgan fingerprint density at radius 1 is 1.06 bits per heavy atom. The molecule has 0 saturated carbocycles. The van der Waals surface area contributed by atoms with E-state index in [9.17, 15) is 22.4 Å². The SMILES string of the molecule is CCOC(=O)c1ccc2c(c1)nc(SCc1ccccc1C(F)(F)F)n2Cc1cccc(F)c1. The molecule has 0 fully saturated rings. The quantitative estimate of drug-likeness (QED) is 0.165. The van der Waals surface area contributed by atoms with E-state index in [1.54, 1.807) is 47.9 Å². The molecule has 0 unspecified atom stereocenters. The number of thioether (sulfide) groups is 1. The van der Waals surface area contributed by atoms with Crippen LogP contribution in [0.1, 0.15) is 34.0 Å². The second kappa shape index (κ2) is 9.89. The van der Waals surface area contributed by atoms with Gasteiger partial charge in [-0.25, -0.2) is 14.2 Å². The van der Waals surface area contributed by atoms with Crippen LogP contribution in [0.3, 0.4) is 0 Å². The average molecular weight is 489 g/mol. The molecule has 0 aliphatic carbocycles. The van der Waals surface area contributed by atoms with E-state index in [-0.39, 0.29) is 30.3 Å². The monoisotopic (exact) mass is 488 g/mol. The second-order valence-electron chi connectivity index (χ2n) is 7.48. The Morgan fingerprint density at radius 3 is 2.59 bits per heavy atom. The van der Waals surface area contributed by atoms with Crippen molar-refractivity contribution in [3.05, 3.63) is 94.8 Å². The fourth-order valence-electron chi connectivity index (χ4n) is 3.59. The molecule has 0 spiro atoms. The summed E-state index contributed by atoms with van der Waals surface area (Å²) in [5.41, 5.74) is 1.60. The summed E-state index contributed by atoms with van der Waals surface area (Å²) in [7, 11) is 0. The number of benzene rings is 3. The number of alkyl halides is 3. The lowest BCUT2D eigenvalue weighted by atomic mass is 10.1. The molecule has 0 radical (unpaired) electrons. The number of ether oxygens (including phenoxy) is 1. The fraction of sp³-hybridized carbons (Fsp3) is 0.200. The zero-order valence-corrected chi connectivity index (χ0v) is 18.9. The molecule has 0 aliphatic rings. The molecular weight excluding hydrogens is 468 g/mol. The van der Waals surface area contributed by atoms with Crippen molar-refractivity contribution >= 4 is 28.8 Å². The van der Waals surface area contributed by atoms with Gasteiger partial charge >= 0.3 is 12.1 Å². The topological polar surface area (TPSA) is 44.1 Å². The van der Waals surface area contributed by atoms with E-state index in [2.05, 4.69) is 4.98 Å². The van der Waals surface area contributed by atoms with E-state index < -0.39 is 17.7 Å². The summed E-state index contributed by atoms with van der Waals surface area (Å²) in [6.07, 6.45) is -4.46. The third kappa shape index (κ3) is 5.25. The Kier molecular flexibility index (Phi) is 6.92. The zero-order valence-electron chi connectivity index (χ0n) is 18.1. The van der Waals surface area contributed by atoms with Crippen LogP contribution in [0.25, 0.3) is 11.0 Å². The number of halogens is 4. The maximum Gasteiger partial charge on any atom is 0.416 e. The third-order valence-corrected chi connectivity index (χ3v) is 6.16. The molecule has 0 amide bonds. The van der Waals surface area contributed by atoms with E-state index in [4.69, 9.17) is 4.74 Å². The highest BCUT2D eigenvalue weighted by Crippen LogP contribution is 2.35. The van der Waals surface area contributed by atoms with Crippen LogP contribution in [0.5, 0.6) is 0 Å². The Labute approximate surface area is 197 Å². The molecule has 0 atom stereocenters. The number of carbonyl (C=O) groups is 1. The van der Waals surface area contributed by atoms with Gasteiger partial charge in [-0.1, -0.05) is 42.1 Å². The van der Waals surface area contributed by atoms with Crippen molar-refractivity contribution in [2.75, 3.05) is 6.61 Å². The van der Waals surface area contributed by atoms with Crippen molar-refractivity contribution in [1.82, 2.24) is 9.55 Å². The Hall–Kier alpha value is -3.33. The van der Waals surface area contributed by atoms with Crippen LogP contribution >= 0.6 is 11.8 Å². The number of aromatic nitrogens is 2. The van der Waals surface area contributed by atoms with Gasteiger partial charge in [0.15, 0.2) is 5.16 Å². The van der Waals surface area contributed by atoms with Crippen molar-refractivity contribution < 1.29 is 27.1 Å². The van der Waals surface area contributed by atoms with Gasteiger partial charge < -0.3 is 9.30 Å². The van der Waals surface area contributed by atoms with Crippen LogP contribution in [0.2, 0.25) is 0 Å². The van der Waals surface area contributed by atoms with Gasteiger partial charge in [-0.3, -0.25) is 0 Å². The third-order valence-electron chi connectivity index (χ3n) is 5.13. The Balaban J connectivity index is 1.73. The molecule has 176 valence electrons. The minimum atomic E-state index is -4.46. The average Bonchev–Trinajstić information content (AvgIpc) is 3.14.